The fourth-order valence-electron chi connectivity index (χ4n) is 4.08. The first kappa shape index (κ1) is 26.4. The SMILES string of the molecule is CCCCCCCCCCCCC(=O)N1CCCCC1CNC(=O)C(N)CC(=O)O. The molecule has 1 fully saturated rings. The number of likely N-dealkylation sites (tertiary alicyclic amines) is 1. The van der Waals surface area contributed by atoms with Crippen LogP contribution in [0.4, 0.5) is 0 Å². The molecule has 0 aromatic rings. The third-order valence-corrected chi connectivity index (χ3v) is 5.93. The molecule has 7 nitrogen and oxygen atoms in total. The normalized spacial score (nSPS) is 17.5. The Bertz CT molecular complexity index is 513. The van der Waals surface area contributed by atoms with Crippen LogP contribution in [0.3, 0.4) is 0 Å². The summed E-state index contributed by atoms with van der Waals surface area (Å²) in [7, 11) is 0. The molecule has 7 heteroatoms. The number of piperidine rings is 1. The molecule has 1 rings (SSSR count). The van der Waals surface area contributed by atoms with Gasteiger partial charge in [-0.2, -0.15) is 0 Å². The zero-order chi connectivity index (χ0) is 22.2. The fraction of sp³-hybridized carbons (Fsp3) is 0.870. The Labute approximate surface area is 182 Å². The Morgan fingerprint density at radius 3 is 2.20 bits per heavy atom. The van der Waals surface area contributed by atoms with Crippen molar-refractivity contribution in [1.29, 1.82) is 0 Å². The zero-order valence-electron chi connectivity index (χ0n) is 18.9. The molecule has 0 radical (unpaired) electrons. The number of nitrogens with zero attached hydrogens (tertiary/aromatic N) is 1. The molecular formula is C23H43N3O4. The zero-order valence-corrected chi connectivity index (χ0v) is 18.9. The first-order valence-electron chi connectivity index (χ1n) is 12.0. The van der Waals surface area contributed by atoms with E-state index in [-0.39, 0.29) is 11.9 Å². The Morgan fingerprint density at radius 2 is 1.60 bits per heavy atom. The van der Waals surface area contributed by atoms with Gasteiger partial charge in [-0.1, -0.05) is 64.7 Å². The van der Waals surface area contributed by atoms with Crippen LogP contribution in [0.2, 0.25) is 0 Å². The maximum Gasteiger partial charge on any atom is 0.305 e. The van der Waals surface area contributed by atoms with Crippen molar-refractivity contribution in [2.75, 3.05) is 13.1 Å². The molecule has 30 heavy (non-hydrogen) atoms. The van der Waals surface area contributed by atoms with Crippen molar-refractivity contribution < 1.29 is 19.5 Å². The maximum atomic E-state index is 12.7. The van der Waals surface area contributed by atoms with E-state index in [0.717, 1.165) is 38.6 Å². The summed E-state index contributed by atoms with van der Waals surface area (Å²) in [5.74, 6) is -1.39. The average Bonchev–Trinajstić information content (AvgIpc) is 2.72. The van der Waals surface area contributed by atoms with E-state index in [2.05, 4.69) is 12.2 Å². The highest BCUT2D eigenvalue weighted by atomic mass is 16.4. The number of unbranched alkanes of at least 4 members (excludes halogenated alkanes) is 9. The summed E-state index contributed by atoms with van der Waals surface area (Å²) in [6.07, 6.45) is 15.5. The van der Waals surface area contributed by atoms with Crippen LogP contribution in [0.1, 0.15) is 103 Å². The number of hydrogen-bond acceptors (Lipinski definition) is 4. The highest BCUT2D eigenvalue weighted by Gasteiger charge is 2.27. The van der Waals surface area contributed by atoms with Gasteiger partial charge in [-0.05, 0) is 25.7 Å². The summed E-state index contributed by atoms with van der Waals surface area (Å²) in [5, 5.41) is 11.5. The van der Waals surface area contributed by atoms with Crippen molar-refractivity contribution in [3.05, 3.63) is 0 Å². The number of amides is 2. The van der Waals surface area contributed by atoms with Crippen LogP contribution in [-0.4, -0.2) is 53.0 Å². The Morgan fingerprint density at radius 1 is 1.00 bits per heavy atom. The smallest absolute Gasteiger partial charge is 0.305 e. The molecule has 0 spiro atoms. The van der Waals surface area contributed by atoms with Crippen LogP contribution >= 0.6 is 0 Å². The maximum absolute atomic E-state index is 12.7. The van der Waals surface area contributed by atoms with Crippen LogP contribution in [-0.2, 0) is 14.4 Å². The van der Waals surface area contributed by atoms with E-state index in [9.17, 15) is 14.4 Å². The van der Waals surface area contributed by atoms with Gasteiger partial charge in [0.15, 0.2) is 0 Å². The lowest BCUT2D eigenvalue weighted by Gasteiger charge is -2.36. The van der Waals surface area contributed by atoms with E-state index in [0.29, 0.717) is 13.0 Å². The van der Waals surface area contributed by atoms with E-state index in [1.54, 1.807) is 0 Å². The Balaban J connectivity index is 2.22. The molecule has 0 aromatic heterocycles. The van der Waals surface area contributed by atoms with Crippen molar-refractivity contribution >= 4 is 17.8 Å². The summed E-state index contributed by atoms with van der Waals surface area (Å²) in [5.41, 5.74) is 5.60. The Kier molecular flexibility index (Phi) is 14.2. The van der Waals surface area contributed by atoms with Crippen molar-refractivity contribution in [3.8, 4) is 0 Å². The molecule has 1 saturated heterocycles. The van der Waals surface area contributed by atoms with Crippen LogP contribution in [0.5, 0.6) is 0 Å². The predicted octanol–water partition coefficient (Wildman–Crippen LogP) is 3.60. The van der Waals surface area contributed by atoms with Gasteiger partial charge in [0.25, 0.3) is 0 Å². The van der Waals surface area contributed by atoms with E-state index >= 15 is 0 Å². The molecule has 2 unspecified atom stereocenters. The van der Waals surface area contributed by atoms with E-state index in [1.807, 2.05) is 4.90 Å². The van der Waals surface area contributed by atoms with Crippen LogP contribution < -0.4 is 11.1 Å². The molecule has 4 N–H and O–H groups in total. The number of carboxylic acid groups (broad SMARTS) is 1. The lowest BCUT2D eigenvalue weighted by molar-refractivity contribution is -0.139. The summed E-state index contributed by atoms with van der Waals surface area (Å²) in [6, 6.07) is -1.07. The fourth-order valence-corrected chi connectivity index (χ4v) is 4.08. The van der Waals surface area contributed by atoms with Crippen molar-refractivity contribution in [3.63, 3.8) is 0 Å². The summed E-state index contributed by atoms with van der Waals surface area (Å²) < 4.78 is 0. The number of aliphatic carboxylic acids is 1. The highest BCUT2D eigenvalue weighted by Crippen LogP contribution is 2.19. The third kappa shape index (κ3) is 11.5. The second kappa shape index (κ2) is 16.1. The molecule has 1 aliphatic heterocycles. The van der Waals surface area contributed by atoms with Gasteiger partial charge in [0, 0.05) is 25.6 Å². The number of rotatable bonds is 16. The average molecular weight is 426 g/mol. The molecule has 2 atom stereocenters. The van der Waals surface area contributed by atoms with Gasteiger partial charge in [-0.3, -0.25) is 14.4 Å². The minimum absolute atomic E-state index is 0.0182. The lowest BCUT2D eigenvalue weighted by atomic mass is 10.0. The van der Waals surface area contributed by atoms with Gasteiger partial charge >= 0.3 is 5.97 Å². The molecule has 1 heterocycles. The topological polar surface area (TPSA) is 113 Å². The summed E-state index contributed by atoms with van der Waals surface area (Å²) in [4.78, 5) is 37.2. The molecular weight excluding hydrogens is 382 g/mol. The van der Waals surface area contributed by atoms with E-state index in [1.165, 1.54) is 51.4 Å². The largest absolute Gasteiger partial charge is 0.481 e. The van der Waals surface area contributed by atoms with Crippen molar-refractivity contribution in [2.45, 2.75) is 115 Å². The van der Waals surface area contributed by atoms with Crippen molar-refractivity contribution in [1.82, 2.24) is 10.2 Å². The first-order valence-corrected chi connectivity index (χ1v) is 12.0. The number of nitrogens with one attached hydrogen (secondary N) is 1. The van der Waals surface area contributed by atoms with Crippen molar-refractivity contribution in [2.24, 2.45) is 5.73 Å². The number of nitrogens with two attached hydrogens (primary N) is 1. The first-order chi connectivity index (χ1) is 14.5. The molecule has 0 aliphatic carbocycles. The predicted molar refractivity (Wildman–Crippen MR) is 119 cm³/mol. The Hall–Kier alpha value is -1.63. The van der Waals surface area contributed by atoms with Crippen LogP contribution in [0.25, 0.3) is 0 Å². The monoisotopic (exact) mass is 425 g/mol. The molecule has 174 valence electrons. The van der Waals surface area contributed by atoms with Gasteiger partial charge < -0.3 is 21.1 Å². The number of carboxylic acids is 1. The van der Waals surface area contributed by atoms with E-state index in [4.69, 9.17) is 10.8 Å². The lowest BCUT2D eigenvalue weighted by Crippen LogP contribution is -2.51. The summed E-state index contributed by atoms with van der Waals surface area (Å²) >= 11 is 0. The quantitative estimate of drug-likeness (QED) is 0.327. The van der Waals surface area contributed by atoms with Gasteiger partial charge in [0.1, 0.15) is 0 Å². The molecule has 2 amide bonds. The second-order valence-corrected chi connectivity index (χ2v) is 8.62. The standard InChI is InChI=1S/C23H43N3O4/c1-2-3-4-5-6-7-8-9-10-11-15-21(27)26-16-13-12-14-19(26)18-25-23(30)20(24)17-22(28)29/h19-20H,2-18,24H2,1H3,(H,25,30)(H,28,29). The molecule has 0 bridgehead atoms. The summed E-state index contributed by atoms with van der Waals surface area (Å²) in [6.45, 7) is 3.32. The van der Waals surface area contributed by atoms with Crippen LogP contribution in [0, 0.1) is 0 Å². The number of hydrogen-bond donors (Lipinski definition) is 3. The van der Waals surface area contributed by atoms with Gasteiger partial charge in [0.2, 0.25) is 11.8 Å². The number of carbonyl (C=O) groups excluding carboxylic acids is 2. The second-order valence-electron chi connectivity index (χ2n) is 8.62. The third-order valence-electron chi connectivity index (χ3n) is 5.93. The van der Waals surface area contributed by atoms with Gasteiger partial charge in [-0.25, -0.2) is 0 Å². The van der Waals surface area contributed by atoms with Crippen LogP contribution in [0.15, 0.2) is 0 Å². The minimum Gasteiger partial charge on any atom is -0.481 e. The number of carbonyl (C=O) groups is 3. The van der Waals surface area contributed by atoms with Gasteiger partial charge in [0.05, 0.1) is 12.5 Å². The molecule has 0 aromatic carbocycles. The van der Waals surface area contributed by atoms with E-state index < -0.39 is 24.3 Å². The molecule has 1 aliphatic rings. The van der Waals surface area contributed by atoms with Gasteiger partial charge in [-0.15, -0.1) is 0 Å². The molecule has 0 saturated carbocycles. The minimum atomic E-state index is -1.09. The highest BCUT2D eigenvalue weighted by molar-refractivity contribution is 5.86.